The molecule has 6 heteroatoms. The van der Waals surface area contributed by atoms with Crippen LogP contribution in [0, 0.1) is 0 Å². The molecule has 0 aromatic rings. The molecule has 358 valence electrons. The normalized spacial score (nSPS) is 12.1. The highest BCUT2D eigenvalue weighted by Gasteiger charge is 2.19. The molecular weight excluding hydrogens is 757 g/mol. The van der Waals surface area contributed by atoms with E-state index in [1.165, 1.54) is 186 Å². The first-order valence-corrected chi connectivity index (χ1v) is 26.8. The van der Waals surface area contributed by atoms with Crippen molar-refractivity contribution in [3.63, 3.8) is 0 Å². The fourth-order valence-electron chi connectivity index (χ4n) is 7.89. The lowest BCUT2D eigenvalue weighted by Crippen LogP contribution is -2.30. The van der Waals surface area contributed by atoms with Crippen LogP contribution in [0.2, 0.25) is 0 Å². The predicted octanol–water partition coefficient (Wildman–Crippen LogP) is 17.5. The molecule has 0 radical (unpaired) electrons. The van der Waals surface area contributed by atoms with Crippen LogP contribution in [-0.2, 0) is 28.6 Å². The minimum atomic E-state index is -0.765. The van der Waals surface area contributed by atoms with Crippen molar-refractivity contribution in [3.05, 3.63) is 24.3 Å². The van der Waals surface area contributed by atoms with E-state index in [0.29, 0.717) is 19.3 Å². The van der Waals surface area contributed by atoms with Gasteiger partial charge in [-0.1, -0.05) is 244 Å². The zero-order valence-corrected chi connectivity index (χ0v) is 40.9. The molecule has 0 spiro atoms. The Morgan fingerprint density at radius 3 is 0.902 bits per heavy atom. The smallest absolute Gasteiger partial charge is 0.306 e. The van der Waals surface area contributed by atoms with Gasteiger partial charge in [-0.25, -0.2) is 0 Å². The van der Waals surface area contributed by atoms with Crippen LogP contribution in [0.15, 0.2) is 24.3 Å². The highest BCUT2D eigenvalue weighted by molar-refractivity contribution is 5.71. The summed E-state index contributed by atoms with van der Waals surface area (Å²) in [5.74, 6) is -0.860. The predicted molar refractivity (Wildman–Crippen MR) is 261 cm³/mol. The highest BCUT2D eigenvalue weighted by atomic mass is 16.6. The average Bonchev–Trinajstić information content (AvgIpc) is 3.26. The van der Waals surface area contributed by atoms with Gasteiger partial charge >= 0.3 is 17.9 Å². The minimum absolute atomic E-state index is 0.0679. The third-order valence-electron chi connectivity index (χ3n) is 12.0. The van der Waals surface area contributed by atoms with Gasteiger partial charge in [-0.15, -0.1) is 0 Å². The Morgan fingerprint density at radius 2 is 0.590 bits per heavy atom. The van der Waals surface area contributed by atoms with Crippen LogP contribution < -0.4 is 0 Å². The number of carbonyl (C=O) groups is 3. The van der Waals surface area contributed by atoms with Crippen molar-refractivity contribution in [1.29, 1.82) is 0 Å². The lowest BCUT2D eigenvalue weighted by molar-refractivity contribution is -0.167. The number of hydrogen-bond acceptors (Lipinski definition) is 6. The third-order valence-corrected chi connectivity index (χ3v) is 12.0. The molecule has 6 nitrogen and oxygen atoms in total. The standard InChI is InChI=1S/C55H102O6/c1-4-7-10-13-16-19-21-23-24-25-26-27-28-29-30-32-33-36-39-42-45-48-54(57)60-51-52(50-59-53(56)47-44-41-38-35-18-15-12-9-6-3)61-55(58)49-46-43-40-37-34-31-22-20-17-14-11-8-5-2/h21,23,25-26,52H,4-20,22,24,27-51H2,1-3H3/b23-21-,26-25-. The first-order valence-electron chi connectivity index (χ1n) is 26.8. The van der Waals surface area contributed by atoms with Crippen LogP contribution in [0.5, 0.6) is 0 Å². The van der Waals surface area contributed by atoms with E-state index < -0.39 is 6.10 Å². The summed E-state index contributed by atoms with van der Waals surface area (Å²) in [6.45, 7) is 6.63. The number of esters is 3. The molecule has 0 saturated carbocycles. The van der Waals surface area contributed by atoms with Gasteiger partial charge in [-0.05, 0) is 51.4 Å². The fourth-order valence-corrected chi connectivity index (χ4v) is 7.89. The van der Waals surface area contributed by atoms with Crippen molar-refractivity contribution >= 4 is 17.9 Å². The molecule has 0 aliphatic rings. The first kappa shape index (κ1) is 58.9. The number of ether oxygens (including phenoxy) is 3. The Labute approximate surface area is 379 Å². The second kappa shape index (κ2) is 50.5. The molecule has 0 heterocycles. The van der Waals surface area contributed by atoms with Gasteiger partial charge in [-0.2, -0.15) is 0 Å². The second-order valence-electron chi connectivity index (χ2n) is 18.2. The van der Waals surface area contributed by atoms with E-state index in [0.717, 1.165) is 64.2 Å². The van der Waals surface area contributed by atoms with E-state index in [4.69, 9.17) is 14.2 Å². The van der Waals surface area contributed by atoms with E-state index in [2.05, 4.69) is 45.1 Å². The van der Waals surface area contributed by atoms with E-state index in [1.807, 2.05) is 0 Å². The van der Waals surface area contributed by atoms with Gasteiger partial charge in [0.15, 0.2) is 6.10 Å². The largest absolute Gasteiger partial charge is 0.462 e. The van der Waals surface area contributed by atoms with Crippen LogP contribution in [0.25, 0.3) is 0 Å². The molecule has 0 bridgehead atoms. The molecule has 0 rings (SSSR count). The van der Waals surface area contributed by atoms with Crippen molar-refractivity contribution in [2.75, 3.05) is 13.2 Å². The van der Waals surface area contributed by atoms with E-state index in [-0.39, 0.29) is 31.1 Å². The Hall–Kier alpha value is -2.11. The summed E-state index contributed by atoms with van der Waals surface area (Å²) in [4.78, 5) is 37.9. The van der Waals surface area contributed by atoms with Crippen LogP contribution in [0.1, 0.15) is 290 Å². The summed E-state index contributed by atoms with van der Waals surface area (Å²) in [7, 11) is 0. The highest BCUT2D eigenvalue weighted by Crippen LogP contribution is 2.16. The van der Waals surface area contributed by atoms with Crippen LogP contribution in [0.3, 0.4) is 0 Å². The van der Waals surface area contributed by atoms with Crippen molar-refractivity contribution < 1.29 is 28.6 Å². The summed E-state index contributed by atoms with van der Waals surface area (Å²) in [6.07, 6.45) is 57.4. The van der Waals surface area contributed by atoms with Crippen LogP contribution in [-0.4, -0.2) is 37.2 Å². The number of carbonyl (C=O) groups excluding carboxylic acids is 3. The summed E-state index contributed by atoms with van der Waals surface area (Å²) in [5, 5.41) is 0. The molecular formula is C55H102O6. The molecule has 0 aromatic heterocycles. The molecule has 0 aromatic carbocycles. The maximum Gasteiger partial charge on any atom is 0.306 e. The molecule has 1 atom stereocenters. The Kier molecular flexibility index (Phi) is 48.8. The Morgan fingerprint density at radius 1 is 0.328 bits per heavy atom. The van der Waals surface area contributed by atoms with Gasteiger partial charge in [0.25, 0.3) is 0 Å². The van der Waals surface area contributed by atoms with E-state index in [9.17, 15) is 14.4 Å². The summed E-state index contributed by atoms with van der Waals surface area (Å²) < 4.78 is 16.8. The zero-order chi connectivity index (χ0) is 44.4. The van der Waals surface area contributed by atoms with Gasteiger partial charge in [-0.3, -0.25) is 14.4 Å². The van der Waals surface area contributed by atoms with Crippen molar-refractivity contribution in [2.24, 2.45) is 0 Å². The van der Waals surface area contributed by atoms with E-state index in [1.54, 1.807) is 0 Å². The summed E-state index contributed by atoms with van der Waals surface area (Å²) in [6, 6.07) is 0. The number of allylic oxidation sites excluding steroid dienone is 4. The molecule has 0 fully saturated rings. The minimum Gasteiger partial charge on any atom is -0.462 e. The van der Waals surface area contributed by atoms with Gasteiger partial charge < -0.3 is 14.2 Å². The topological polar surface area (TPSA) is 78.9 Å². The SMILES string of the molecule is CCCCCCC/C=C\C/C=C\CCCCCCCCCCCC(=O)OCC(COC(=O)CCCCCCCCCCC)OC(=O)CCCCCCCCCCCCCCC. The summed E-state index contributed by atoms with van der Waals surface area (Å²) in [5.41, 5.74) is 0. The summed E-state index contributed by atoms with van der Waals surface area (Å²) >= 11 is 0. The van der Waals surface area contributed by atoms with Gasteiger partial charge in [0.05, 0.1) is 0 Å². The lowest BCUT2D eigenvalue weighted by atomic mass is 10.0. The molecule has 61 heavy (non-hydrogen) atoms. The van der Waals surface area contributed by atoms with Crippen molar-refractivity contribution in [1.82, 2.24) is 0 Å². The number of hydrogen-bond donors (Lipinski definition) is 0. The molecule has 0 aliphatic heterocycles. The molecule has 0 saturated heterocycles. The Balaban J connectivity index is 4.23. The molecule has 0 N–H and O–H groups in total. The maximum absolute atomic E-state index is 12.8. The second-order valence-corrected chi connectivity index (χ2v) is 18.2. The van der Waals surface area contributed by atoms with E-state index >= 15 is 0 Å². The number of unbranched alkanes of at least 4 members (excludes halogenated alkanes) is 34. The average molecular weight is 859 g/mol. The van der Waals surface area contributed by atoms with Crippen LogP contribution >= 0.6 is 0 Å². The van der Waals surface area contributed by atoms with Gasteiger partial charge in [0.1, 0.15) is 13.2 Å². The lowest BCUT2D eigenvalue weighted by Gasteiger charge is -2.18. The fraction of sp³-hybridized carbons (Fsp3) is 0.873. The molecule has 0 aliphatic carbocycles. The number of rotatable bonds is 49. The first-order chi connectivity index (χ1) is 30.0. The van der Waals surface area contributed by atoms with Gasteiger partial charge in [0, 0.05) is 19.3 Å². The van der Waals surface area contributed by atoms with Crippen molar-refractivity contribution in [2.45, 2.75) is 297 Å². The van der Waals surface area contributed by atoms with Crippen LogP contribution in [0.4, 0.5) is 0 Å². The molecule has 1 unspecified atom stereocenters. The molecule has 0 amide bonds. The Bertz CT molecular complexity index is 989. The van der Waals surface area contributed by atoms with Gasteiger partial charge in [0.2, 0.25) is 0 Å². The quantitative estimate of drug-likeness (QED) is 0.0262. The maximum atomic E-state index is 12.8. The zero-order valence-electron chi connectivity index (χ0n) is 40.9. The third kappa shape index (κ3) is 48.8. The van der Waals surface area contributed by atoms with Crippen molar-refractivity contribution in [3.8, 4) is 0 Å². The monoisotopic (exact) mass is 859 g/mol.